The van der Waals surface area contributed by atoms with E-state index in [1.807, 2.05) is 13.8 Å². The van der Waals surface area contributed by atoms with Gasteiger partial charge in [-0.1, -0.05) is 13.8 Å². The largest absolute Gasteiger partial charge is 0.444 e. The average molecular weight is 517 g/mol. The van der Waals surface area contributed by atoms with Crippen molar-refractivity contribution in [2.45, 2.75) is 79.0 Å². The van der Waals surface area contributed by atoms with Gasteiger partial charge in [0.25, 0.3) is 5.56 Å². The van der Waals surface area contributed by atoms with Crippen LogP contribution in [0.3, 0.4) is 0 Å². The highest BCUT2D eigenvalue weighted by Crippen LogP contribution is 2.21. The van der Waals surface area contributed by atoms with Gasteiger partial charge in [0.15, 0.2) is 17.3 Å². The molecule has 37 heavy (non-hydrogen) atoms. The third-order valence-corrected chi connectivity index (χ3v) is 5.39. The Morgan fingerprint density at radius 1 is 1.11 bits per heavy atom. The van der Waals surface area contributed by atoms with E-state index in [-0.39, 0.29) is 23.5 Å². The normalized spacial score (nSPS) is 11.6. The van der Waals surface area contributed by atoms with Crippen LogP contribution in [0, 0.1) is 0 Å². The van der Waals surface area contributed by atoms with E-state index in [0.29, 0.717) is 61.9 Å². The van der Waals surface area contributed by atoms with Crippen LogP contribution in [0.4, 0.5) is 10.6 Å². The number of rotatable bonds is 10. The van der Waals surface area contributed by atoms with Gasteiger partial charge >= 0.3 is 11.8 Å². The maximum absolute atomic E-state index is 13.0. The van der Waals surface area contributed by atoms with Crippen LogP contribution in [0.1, 0.15) is 60.3 Å². The molecule has 0 atom stereocenters. The minimum absolute atomic E-state index is 0.173. The van der Waals surface area contributed by atoms with E-state index in [9.17, 15) is 19.2 Å². The van der Waals surface area contributed by atoms with Gasteiger partial charge < -0.3 is 20.4 Å². The number of aryl methyl sites for hydroxylation is 2. The Kier molecular flexibility index (Phi) is 8.56. The molecule has 0 aliphatic heterocycles. The first kappa shape index (κ1) is 27.7. The third-order valence-electron chi connectivity index (χ3n) is 5.39. The number of fused-ring (bicyclic) bond motifs is 1. The second-order valence-electron chi connectivity index (χ2n) is 9.79. The van der Waals surface area contributed by atoms with Crippen molar-refractivity contribution in [1.29, 1.82) is 0 Å². The Labute approximate surface area is 214 Å². The molecule has 3 aromatic rings. The number of nitrogens with zero attached hydrogens (tertiary/aromatic N) is 5. The summed E-state index contributed by atoms with van der Waals surface area (Å²) in [5.74, 6) is 0.416. The number of aromatic nitrogens is 6. The van der Waals surface area contributed by atoms with Gasteiger partial charge in [-0.25, -0.2) is 14.6 Å². The molecule has 0 saturated carbocycles. The van der Waals surface area contributed by atoms with E-state index in [2.05, 4.69) is 25.7 Å². The number of H-pyrrole nitrogens is 1. The first-order valence-corrected chi connectivity index (χ1v) is 12.5. The zero-order chi connectivity index (χ0) is 27.3. The number of carbonyl (C=O) groups is 2. The number of anilines is 1. The average Bonchev–Trinajstić information content (AvgIpc) is 3.39. The highest BCUT2D eigenvalue weighted by Gasteiger charge is 2.20. The zero-order valence-electron chi connectivity index (χ0n) is 22.3. The van der Waals surface area contributed by atoms with Crippen LogP contribution in [0.15, 0.2) is 15.7 Å². The van der Waals surface area contributed by atoms with Gasteiger partial charge in [-0.15, -0.1) is 0 Å². The Morgan fingerprint density at radius 3 is 2.43 bits per heavy atom. The summed E-state index contributed by atoms with van der Waals surface area (Å²) in [6.07, 6.45) is 1.42. The topological polar surface area (TPSA) is 158 Å². The van der Waals surface area contributed by atoms with Gasteiger partial charge in [-0.05, 0) is 40.0 Å². The van der Waals surface area contributed by atoms with Crippen molar-refractivity contribution in [3.63, 3.8) is 0 Å². The van der Waals surface area contributed by atoms with Gasteiger partial charge in [-0.3, -0.25) is 23.4 Å². The van der Waals surface area contributed by atoms with Crippen molar-refractivity contribution in [3.05, 3.63) is 26.9 Å². The van der Waals surface area contributed by atoms with Gasteiger partial charge in [0, 0.05) is 39.2 Å². The molecule has 13 nitrogen and oxygen atoms in total. The summed E-state index contributed by atoms with van der Waals surface area (Å²) in [4.78, 5) is 57.5. The molecule has 0 fully saturated rings. The minimum atomic E-state index is -0.586. The van der Waals surface area contributed by atoms with Crippen LogP contribution < -0.4 is 21.9 Å². The summed E-state index contributed by atoms with van der Waals surface area (Å²) < 4.78 is 9.43. The van der Waals surface area contributed by atoms with Crippen LogP contribution in [-0.4, -0.2) is 53.0 Å². The molecule has 0 unspecified atom stereocenters. The smallest absolute Gasteiger partial charge is 0.407 e. The first-order chi connectivity index (χ1) is 17.4. The van der Waals surface area contributed by atoms with E-state index in [4.69, 9.17) is 4.74 Å². The molecule has 13 heteroatoms. The van der Waals surface area contributed by atoms with Crippen molar-refractivity contribution in [2.24, 2.45) is 7.05 Å². The predicted molar refractivity (Wildman–Crippen MR) is 139 cm³/mol. The van der Waals surface area contributed by atoms with Crippen LogP contribution in [0.5, 0.6) is 0 Å². The number of ether oxygens (including phenoxy) is 1. The van der Waals surface area contributed by atoms with Gasteiger partial charge in [-0.2, -0.15) is 5.10 Å². The fraction of sp³-hybridized carbons (Fsp3) is 0.583. The van der Waals surface area contributed by atoms with Gasteiger partial charge in [0.1, 0.15) is 16.8 Å². The minimum Gasteiger partial charge on any atom is -0.444 e. The number of aromatic amines is 1. The number of nitrogens with one attached hydrogen (secondary N) is 3. The molecule has 0 spiro atoms. The predicted octanol–water partition coefficient (Wildman–Crippen LogP) is 2.35. The lowest BCUT2D eigenvalue weighted by atomic mass is 10.2. The van der Waals surface area contributed by atoms with Crippen molar-refractivity contribution >= 4 is 29.0 Å². The van der Waals surface area contributed by atoms with Crippen molar-refractivity contribution in [1.82, 2.24) is 34.2 Å². The van der Waals surface area contributed by atoms with E-state index in [0.717, 1.165) is 0 Å². The summed E-state index contributed by atoms with van der Waals surface area (Å²) in [6, 6.07) is 1.64. The molecule has 0 aromatic carbocycles. The van der Waals surface area contributed by atoms with Crippen LogP contribution in [-0.2, 0) is 29.7 Å². The Morgan fingerprint density at radius 2 is 1.78 bits per heavy atom. The molecular weight excluding hydrogens is 480 g/mol. The number of amides is 2. The number of carbonyl (C=O) groups excluding carboxylic acids is 2. The standard InChI is InChI=1S/C24H36N8O5/c1-7-12-31-20-18(21(34)32(13-8-2)23(31)36)27-19(28-20)15-14-16(29-30(15)6)26-17(33)10-9-11-25-22(35)37-24(3,4)5/h14H,7-13H2,1-6H3,(H,25,35)(H,27,28)(H,26,29,33). The maximum atomic E-state index is 13.0. The number of hydrogen-bond donors (Lipinski definition) is 3. The Hall–Kier alpha value is -3.90. The molecule has 0 aliphatic rings. The second kappa shape index (κ2) is 11.4. The SMILES string of the molecule is CCCn1c(=O)c2[nH]c(-c3cc(NC(=O)CCCNC(=O)OC(C)(C)C)nn3C)nc2n(CCC)c1=O. The van der Waals surface area contributed by atoms with Crippen LogP contribution in [0.25, 0.3) is 22.7 Å². The highest BCUT2D eigenvalue weighted by atomic mass is 16.6. The maximum Gasteiger partial charge on any atom is 0.407 e. The zero-order valence-corrected chi connectivity index (χ0v) is 22.3. The molecule has 0 aliphatic carbocycles. The molecular formula is C24H36N8O5. The molecule has 3 aromatic heterocycles. The van der Waals surface area contributed by atoms with Gasteiger partial charge in [0.2, 0.25) is 5.91 Å². The quantitative estimate of drug-likeness (QED) is 0.349. The number of alkyl carbamates (subject to hydrolysis) is 1. The lowest BCUT2D eigenvalue weighted by Gasteiger charge is -2.19. The molecule has 0 radical (unpaired) electrons. The van der Waals surface area contributed by atoms with Crippen molar-refractivity contribution < 1.29 is 14.3 Å². The van der Waals surface area contributed by atoms with Crippen molar-refractivity contribution in [3.8, 4) is 11.5 Å². The lowest BCUT2D eigenvalue weighted by molar-refractivity contribution is -0.116. The molecule has 0 saturated heterocycles. The summed E-state index contributed by atoms with van der Waals surface area (Å²) in [5, 5.41) is 9.67. The first-order valence-electron chi connectivity index (χ1n) is 12.5. The Bertz CT molecular complexity index is 1390. The van der Waals surface area contributed by atoms with E-state index in [1.165, 1.54) is 13.8 Å². The summed E-state index contributed by atoms with van der Waals surface area (Å²) in [5.41, 5.74) is -0.293. The molecule has 3 rings (SSSR count). The van der Waals surface area contributed by atoms with Crippen LogP contribution in [0.2, 0.25) is 0 Å². The molecule has 0 bridgehead atoms. The number of hydrogen-bond acceptors (Lipinski definition) is 7. The molecule has 3 heterocycles. The fourth-order valence-electron chi connectivity index (χ4n) is 3.84. The van der Waals surface area contributed by atoms with E-state index < -0.39 is 17.3 Å². The van der Waals surface area contributed by atoms with Crippen molar-refractivity contribution in [2.75, 3.05) is 11.9 Å². The van der Waals surface area contributed by atoms with Crippen LogP contribution >= 0.6 is 0 Å². The van der Waals surface area contributed by atoms with E-state index in [1.54, 1.807) is 33.9 Å². The third kappa shape index (κ3) is 6.66. The molecule has 2 amide bonds. The second-order valence-corrected chi connectivity index (χ2v) is 9.79. The van der Waals surface area contributed by atoms with Gasteiger partial charge in [0.05, 0.1) is 0 Å². The fourth-order valence-corrected chi connectivity index (χ4v) is 3.84. The van der Waals surface area contributed by atoms with E-state index >= 15 is 0 Å². The summed E-state index contributed by atoms with van der Waals surface area (Å²) >= 11 is 0. The Balaban J connectivity index is 1.74. The molecule has 202 valence electrons. The summed E-state index contributed by atoms with van der Waals surface area (Å²) in [7, 11) is 1.69. The number of imidazole rings is 1. The summed E-state index contributed by atoms with van der Waals surface area (Å²) in [6.45, 7) is 10.2. The monoisotopic (exact) mass is 516 g/mol. The highest BCUT2D eigenvalue weighted by molar-refractivity contribution is 5.90. The lowest BCUT2D eigenvalue weighted by Crippen LogP contribution is -2.40. The molecule has 3 N–H and O–H groups in total.